The first-order valence-corrected chi connectivity index (χ1v) is 11.2. The van der Waals surface area contributed by atoms with Crippen molar-refractivity contribution in [2.24, 2.45) is 0 Å². The number of aryl methyl sites for hydroxylation is 1. The van der Waals surface area contributed by atoms with Crippen LogP contribution in [0.2, 0.25) is 0 Å². The average Bonchev–Trinajstić information content (AvgIpc) is 3.48. The predicted molar refractivity (Wildman–Crippen MR) is 119 cm³/mol. The topological polar surface area (TPSA) is 98.0 Å². The second kappa shape index (κ2) is 7.13. The molecular weight excluding hydrogens is 421 g/mol. The van der Waals surface area contributed by atoms with Crippen molar-refractivity contribution >= 4 is 17.4 Å². The van der Waals surface area contributed by atoms with E-state index in [2.05, 4.69) is 22.2 Å². The number of rotatable bonds is 5. The number of pyridine rings is 1. The molecule has 1 aliphatic heterocycles. The van der Waals surface area contributed by atoms with Crippen LogP contribution in [0.3, 0.4) is 0 Å². The zero-order chi connectivity index (χ0) is 22.7. The molecule has 1 aliphatic carbocycles. The first-order chi connectivity index (χ1) is 16.0. The van der Waals surface area contributed by atoms with Gasteiger partial charge in [-0.05, 0) is 38.3 Å². The molecule has 2 aliphatic rings. The number of fused-ring (bicyclic) bond motifs is 2. The van der Waals surface area contributed by atoms with E-state index in [-0.39, 0.29) is 11.8 Å². The van der Waals surface area contributed by atoms with Gasteiger partial charge in [-0.3, -0.25) is 9.78 Å². The van der Waals surface area contributed by atoms with Crippen LogP contribution >= 0.6 is 0 Å². The molecule has 8 nitrogen and oxygen atoms in total. The lowest BCUT2D eigenvalue weighted by Gasteiger charge is -2.23. The molecule has 4 aromatic rings. The summed E-state index contributed by atoms with van der Waals surface area (Å²) >= 11 is 0. The average molecular weight is 443 g/mol. The molecule has 9 heteroatoms. The number of hydrogen-bond acceptors (Lipinski definition) is 6. The summed E-state index contributed by atoms with van der Waals surface area (Å²) < 4.78 is 15.5. The van der Waals surface area contributed by atoms with E-state index in [4.69, 9.17) is 15.0 Å². The number of carbonyl (C=O) groups excluding carboxylic acids is 1. The SMILES string of the molecule is CCCc1nc(-c2nc3c(c(C4CC4)n2)C(C)(c2ccc(F)cn2)C(=O)N3)cn2ccnc12. The Kier molecular flexibility index (Phi) is 4.30. The number of imidazole rings is 1. The highest BCUT2D eigenvalue weighted by Crippen LogP contribution is 2.50. The summed E-state index contributed by atoms with van der Waals surface area (Å²) in [5.41, 5.74) is 3.31. The minimum absolute atomic E-state index is 0.241. The van der Waals surface area contributed by atoms with Crippen LogP contribution in [0.1, 0.15) is 61.7 Å². The number of nitrogens with one attached hydrogen (secondary N) is 1. The Morgan fingerprint density at radius 3 is 2.79 bits per heavy atom. The fourth-order valence-electron chi connectivity index (χ4n) is 4.60. The Morgan fingerprint density at radius 2 is 2.06 bits per heavy atom. The van der Waals surface area contributed by atoms with Crippen molar-refractivity contribution in [1.29, 1.82) is 0 Å². The van der Waals surface area contributed by atoms with E-state index in [1.54, 1.807) is 19.2 Å². The third-order valence-corrected chi connectivity index (χ3v) is 6.49. The van der Waals surface area contributed by atoms with E-state index in [1.165, 1.54) is 6.07 Å². The lowest BCUT2D eigenvalue weighted by molar-refractivity contribution is -0.119. The Balaban J connectivity index is 1.54. The third-order valence-electron chi connectivity index (χ3n) is 6.49. The maximum Gasteiger partial charge on any atom is 0.242 e. The second-order valence-electron chi connectivity index (χ2n) is 8.85. The lowest BCUT2D eigenvalue weighted by Crippen LogP contribution is -2.34. The monoisotopic (exact) mass is 443 g/mol. The summed E-state index contributed by atoms with van der Waals surface area (Å²) in [6, 6.07) is 2.88. The standard InChI is InChI=1S/C24H22FN7O/c1-3-4-15-22-26-9-10-32(22)12-16(28-15)20-29-19(13-5-6-13)18-21(30-20)31-23(33)24(18,2)17-8-7-14(25)11-27-17/h7-13H,3-6H2,1-2H3,(H,29,30,31,33). The van der Waals surface area contributed by atoms with Crippen LogP contribution in [0.5, 0.6) is 0 Å². The van der Waals surface area contributed by atoms with Gasteiger partial charge in [-0.15, -0.1) is 0 Å². The molecule has 1 unspecified atom stereocenters. The fraction of sp³-hybridized carbons (Fsp3) is 0.333. The highest BCUT2D eigenvalue weighted by atomic mass is 19.1. The van der Waals surface area contributed by atoms with Gasteiger partial charge in [0.1, 0.15) is 22.7 Å². The number of anilines is 1. The van der Waals surface area contributed by atoms with Crippen molar-refractivity contribution in [1.82, 2.24) is 29.3 Å². The molecule has 6 rings (SSSR count). The molecule has 5 heterocycles. The van der Waals surface area contributed by atoms with Crippen molar-refractivity contribution in [3.8, 4) is 11.5 Å². The maximum absolute atomic E-state index is 13.5. The van der Waals surface area contributed by atoms with Gasteiger partial charge in [0.25, 0.3) is 0 Å². The highest BCUT2D eigenvalue weighted by Gasteiger charge is 2.50. The first kappa shape index (κ1) is 19.9. The van der Waals surface area contributed by atoms with Crippen LogP contribution in [0.25, 0.3) is 17.2 Å². The smallest absolute Gasteiger partial charge is 0.242 e. The molecule has 0 radical (unpaired) electrons. The summed E-state index contributed by atoms with van der Waals surface area (Å²) in [5.74, 6) is 0.513. The Labute approximate surface area is 189 Å². The molecule has 1 amide bonds. The molecule has 33 heavy (non-hydrogen) atoms. The van der Waals surface area contributed by atoms with E-state index in [1.807, 2.05) is 16.8 Å². The number of nitrogens with zero attached hydrogens (tertiary/aromatic N) is 6. The first-order valence-electron chi connectivity index (χ1n) is 11.2. The zero-order valence-electron chi connectivity index (χ0n) is 18.3. The highest BCUT2D eigenvalue weighted by molar-refractivity contribution is 6.07. The number of amides is 1. The van der Waals surface area contributed by atoms with Crippen LogP contribution in [0.4, 0.5) is 10.2 Å². The van der Waals surface area contributed by atoms with Gasteiger partial charge in [0.2, 0.25) is 5.91 Å². The van der Waals surface area contributed by atoms with Gasteiger partial charge in [0.05, 0.1) is 23.3 Å². The molecule has 1 fully saturated rings. The van der Waals surface area contributed by atoms with Crippen molar-refractivity contribution in [2.75, 3.05) is 5.32 Å². The molecule has 1 saturated carbocycles. The van der Waals surface area contributed by atoms with Gasteiger partial charge in [0, 0.05) is 30.1 Å². The molecule has 0 spiro atoms. The van der Waals surface area contributed by atoms with E-state index in [9.17, 15) is 9.18 Å². The van der Waals surface area contributed by atoms with Crippen LogP contribution in [0, 0.1) is 5.82 Å². The summed E-state index contributed by atoms with van der Waals surface area (Å²) in [6.07, 6.45) is 10.4. The lowest BCUT2D eigenvalue weighted by atomic mass is 9.79. The van der Waals surface area contributed by atoms with Gasteiger partial charge in [-0.2, -0.15) is 0 Å². The summed E-state index contributed by atoms with van der Waals surface area (Å²) in [5, 5.41) is 2.94. The van der Waals surface area contributed by atoms with Gasteiger partial charge in [-0.25, -0.2) is 24.3 Å². The second-order valence-corrected chi connectivity index (χ2v) is 8.85. The normalized spacial score (nSPS) is 19.7. The molecule has 166 valence electrons. The van der Waals surface area contributed by atoms with E-state index < -0.39 is 11.2 Å². The molecule has 0 saturated heterocycles. The van der Waals surface area contributed by atoms with Gasteiger partial charge in [0.15, 0.2) is 11.5 Å². The number of halogens is 1. The van der Waals surface area contributed by atoms with Gasteiger partial charge >= 0.3 is 0 Å². The molecule has 0 aromatic carbocycles. The number of carbonyl (C=O) groups is 1. The Bertz CT molecular complexity index is 1410. The Morgan fingerprint density at radius 1 is 1.21 bits per heavy atom. The third kappa shape index (κ3) is 3.02. The van der Waals surface area contributed by atoms with Crippen LogP contribution in [-0.2, 0) is 16.6 Å². The van der Waals surface area contributed by atoms with Crippen molar-refractivity contribution in [2.45, 2.75) is 50.9 Å². The molecule has 1 N–H and O–H groups in total. The van der Waals surface area contributed by atoms with Gasteiger partial charge in [-0.1, -0.05) is 13.3 Å². The van der Waals surface area contributed by atoms with Crippen LogP contribution in [0.15, 0.2) is 36.9 Å². The van der Waals surface area contributed by atoms with Crippen LogP contribution in [-0.4, -0.2) is 35.2 Å². The maximum atomic E-state index is 13.5. The minimum atomic E-state index is -1.09. The zero-order valence-corrected chi connectivity index (χ0v) is 18.3. The molecular formula is C24H22FN7O. The van der Waals surface area contributed by atoms with E-state index >= 15 is 0 Å². The predicted octanol–water partition coefficient (Wildman–Crippen LogP) is 3.81. The number of hydrogen-bond donors (Lipinski definition) is 1. The van der Waals surface area contributed by atoms with Gasteiger partial charge < -0.3 is 9.72 Å². The fourth-order valence-corrected chi connectivity index (χ4v) is 4.60. The quantitative estimate of drug-likeness (QED) is 0.504. The summed E-state index contributed by atoms with van der Waals surface area (Å²) in [7, 11) is 0. The molecule has 4 aromatic heterocycles. The van der Waals surface area contributed by atoms with Crippen molar-refractivity contribution in [3.63, 3.8) is 0 Å². The summed E-state index contributed by atoms with van der Waals surface area (Å²) in [4.78, 5) is 36.4. The Hall–Kier alpha value is -3.75. The van der Waals surface area contributed by atoms with Crippen molar-refractivity contribution in [3.05, 3.63) is 65.4 Å². The summed E-state index contributed by atoms with van der Waals surface area (Å²) in [6.45, 7) is 3.91. The minimum Gasteiger partial charge on any atom is -0.309 e. The van der Waals surface area contributed by atoms with E-state index in [0.29, 0.717) is 23.0 Å². The molecule has 0 bridgehead atoms. The van der Waals surface area contributed by atoms with Crippen LogP contribution < -0.4 is 5.32 Å². The number of aromatic nitrogens is 6. The largest absolute Gasteiger partial charge is 0.309 e. The van der Waals surface area contributed by atoms with E-state index in [0.717, 1.165) is 54.5 Å². The molecule has 1 atom stereocenters. The van der Waals surface area contributed by atoms with Crippen molar-refractivity contribution < 1.29 is 9.18 Å².